The van der Waals surface area contributed by atoms with Crippen LogP contribution in [0.1, 0.15) is 42.9 Å². The third-order valence-electron chi connectivity index (χ3n) is 3.28. The lowest BCUT2D eigenvalue weighted by Crippen LogP contribution is -2.17. The molecule has 0 amide bonds. The second-order valence-electron chi connectivity index (χ2n) is 5.50. The van der Waals surface area contributed by atoms with Crippen molar-refractivity contribution in [3.8, 4) is 0 Å². The fourth-order valence-corrected chi connectivity index (χ4v) is 2.27. The SMILES string of the molecule is Cc1cc(C)cc(CNCCC(C)CCC(=O)O)c1. The van der Waals surface area contributed by atoms with Crippen molar-refractivity contribution < 1.29 is 9.90 Å². The molecular weight excluding hydrogens is 238 g/mol. The quantitative estimate of drug-likeness (QED) is 0.708. The van der Waals surface area contributed by atoms with E-state index in [2.05, 4.69) is 44.3 Å². The largest absolute Gasteiger partial charge is 0.481 e. The first-order chi connectivity index (χ1) is 8.97. The van der Waals surface area contributed by atoms with Crippen molar-refractivity contribution in [3.63, 3.8) is 0 Å². The molecule has 0 saturated carbocycles. The molecule has 0 spiro atoms. The Labute approximate surface area is 116 Å². The number of hydrogen-bond acceptors (Lipinski definition) is 2. The van der Waals surface area contributed by atoms with Crippen LogP contribution >= 0.6 is 0 Å². The van der Waals surface area contributed by atoms with Gasteiger partial charge in [-0.25, -0.2) is 0 Å². The number of carboxylic acids is 1. The number of aliphatic carboxylic acids is 1. The van der Waals surface area contributed by atoms with Crippen molar-refractivity contribution in [1.29, 1.82) is 0 Å². The van der Waals surface area contributed by atoms with E-state index in [1.807, 2.05) is 0 Å². The Kier molecular flexibility index (Phi) is 6.57. The van der Waals surface area contributed by atoms with Gasteiger partial charge in [0.25, 0.3) is 0 Å². The summed E-state index contributed by atoms with van der Waals surface area (Å²) in [6, 6.07) is 6.58. The van der Waals surface area contributed by atoms with Crippen LogP contribution in [0.4, 0.5) is 0 Å². The second kappa shape index (κ2) is 7.95. The number of aryl methyl sites for hydroxylation is 2. The maximum Gasteiger partial charge on any atom is 0.303 e. The Balaban J connectivity index is 2.21. The zero-order valence-electron chi connectivity index (χ0n) is 12.2. The Morgan fingerprint density at radius 1 is 1.21 bits per heavy atom. The van der Waals surface area contributed by atoms with Gasteiger partial charge >= 0.3 is 5.97 Å². The molecule has 0 aliphatic carbocycles. The highest BCUT2D eigenvalue weighted by atomic mass is 16.4. The summed E-state index contributed by atoms with van der Waals surface area (Å²) in [5.74, 6) is -0.238. The predicted octanol–water partition coefficient (Wildman–Crippen LogP) is 3.28. The third kappa shape index (κ3) is 6.97. The molecule has 0 aliphatic rings. The number of hydrogen-bond donors (Lipinski definition) is 2. The minimum absolute atomic E-state index is 0.276. The van der Waals surface area contributed by atoms with E-state index in [1.165, 1.54) is 16.7 Å². The van der Waals surface area contributed by atoms with E-state index in [0.29, 0.717) is 5.92 Å². The van der Waals surface area contributed by atoms with Gasteiger partial charge in [0.05, 0.1) is 0 Å². The normalized spacial score (nSPS) is 12.4. The van der Waals surface area contributed by atoms with E-state index in [9.17, 15) is 4.79 Å². The molecule has 0 aliphatic heterocycles. The Morgan fingerprint density at radius 2 is 1.84 bits per heavy atom. The number of benzene rings is 1. The Hall–Kier alpha value is -1.35. The van der Waals surface area contributed by atoms with Crippen LogP contribution in [0.25, 0.3) is 0 Å². The van der Waals surface area contributed by atoms with E-state index in [1.54, 1.807) is 0 Å². The molecule has 3 nitrogen and oxygen atoms in total. The molecule has 0 heterocycles. The standard InChI is InChI=1S/C16H25NO2/c1-12(4-5-16(18)19)6-7-17-11-15-9-13(2)8-14(3)10-15/h8-10,12,17H,4-7,11H2,1-3H3,(H,18,19). The van der Waals surface area contributed by atoms with Gasteiger partial charge in [-0.05, 0) is 44.7 Å². The number of rotatable bonds is 8. The Morgan fingerprint density at radius 3 is 2.42 bits per heavy atom. The molecule has 0 saturated heterocycles. The van der Waals surface area contributed by atoms with Crippen LogP contribution < -0.4 is 5.32 Å². The molecule has 1 aromatic carbocycles. The molecule has 0 fully saturated rings. The third-order valence-corrected chi connectivity index (χ3v) is 3.28. The smallest absolute Gasteiger partial charge is 0.303 e. The fraction of sp³-hybridized carbons (Fsp3) is 0.562. The lowest BCUT2D eigenvalue weighted by Gasteiger charge is -2.11. The van der Waals surface area contributed by atoms with Crippen molar-refractivity contribution in [1.82, 2.24) is 5.32 Å². The summed E-state index contributed by atoms with van der Waals surface area (Å²) >= 11 is 0. The van der Waals surface area contributed by atoms with E-state index < -0.39 is 5.97 Å². The summed E-state index contributed by atoms with van der Waals surface area (Å²) < 4.78 is 0. The van der Waals surface area contributed by atoms with Crippen LogP contribution in [0.5, 0.6) is 0 Å². The van der Waals surface area contributed by atoms with Crippen molar-refractivity contribution in [2.45, 2.75) is 46.6 Å². The maximum absolute atomic E-state index is 10.5. The van der Waals surface area contributed by atoms with Crippen LogP contribution in [0, 0.1) is 19.8 Å². The van der Waals surface area contributed by atoms with Gasteiger partial charge < -0.3 is 10.4 Å². The van der Waals surface area contributed by atoms with Gasteiger partial charge in [0, 0.05) is 13.0 Å². The molecule has 106 valence electrons. The molecule has 3 heteroatoms. The lowest BCUT2D eigenvalue weighted by atomic mass is 10.0. The molecule has 1 atom stereocenters. The minimum Gasteiger partial charge on any atom is -0.481 e. The van der Waals surface area contributed by atoms with Crippen molar-refractivity contribution >= 4 is 5.97 Å². The number of nitrogens with one attached hydrogen (secondary N) is 1. The summed E-state index contributed by atoms with van der Waals surface area (Å²) in [5.41, 5.74) is 3.91. The van der Waals surface area contributed by atoms with Crippen molar-refractivity contribution in [3.05, 3.63) is 34.9 Å². The van der Waals surface area contributed by atoms with Crippen LogP contribution in [0.15, 0.2) is 18.2 Å². The Bertz CT molecular complexity index is 395. The van der Waals surface area contributed by atoms with Crippen molar-refractivity contribution in [2.24, 2.45) is 5.92 Å². The first-order valence-corrected chi connectivity index (χ1v) is 6.97. The first-order valence-electron chi connectivity index (χ1n) is 6.97. The highest BCUT2D eigenvalue weighted by Gasteiger charge is 2.05. The molecule has 2 N–H and O–H groups in total. The van der Waals surface area contributed by atoms with Crippen molar-refractivity contribution in [2.75, 3.05) is 6.54 Å². The van der Waals surface area contributed by atoms with Gasteiger partial charge in [-0.15, -0.1) is 0 Å². The lowest BCUT2D eigenvalue weighted by molar-refractivity contribution is -0.137. The molecule has 0 bridgehead atoms. The van der Waals surface area contributed by atoms with E-state index in [4.69, 9.17) is 5.11 Å². The van der Waals surface area contributed by atoms with Gasteiger partial charge in [-0.2, -0.15) is 0 Å². The first kappa shape index (κ1) is 15.7. The highest BCUT2D eigenvalue weighted by Crippen LogP contribution is 2.10. The summed E-state index contributed by atoms with van der Waals surface area (Å²) in [5, 5.41) is 12.0. The second-order valence-corrected chi connectivity index (χ2v) is 5.50. The molecule has 1 rings (SSSR count). The topological polar surface area (TPSA) is 49.3 Å². The molecule has 1 aromatic rings. The van der Waals surface area contributed by atoms with Crippen LogP contribution in [0.2, 0.25) is 0 Å². The zero-order chi connectivity index (χ0) is 14.3. The number of carbonyl (C=O) groups is 1. The number of carboxylic acid groups (broad SMARTS) is 1. The van der Waals surface area contributed by atoms with Gasteiger partial charge in [0.2, 0.25) is 0 Å². The van der Waals surface area contributed by atoms with E-state index in [0.717, 1.165) is 25.9 Å². The average Bonchev–Trinajstić information content (AvgIpc) is 2.31. The molecule has 0 aromatic heterocycles. The van der Waals surface area contributed by atoms with Gasteiger partial charge in [-0.3, -0.25) is 4.79 Å². The molecule has 1 unspecified atom stereocenters. The average molecular weight is 263 g/mol. The highest BCUT2D eigenvalue weighted by molar-refractivity contribution is 5.66. The van der Waals surface area contributed by atoms with Crippen LogP contribution in [0.3, 0.4) is 0 Å². The van der Waals surface area contributed by atoms with Crippen LogP contribution in [-0.4, -0.2) is 17.6 Å². The van der Waals surface area contributed by atoms with Gasteiger partial charge in [-0.1, -0.05) is 36.2 Å². The molecular formula is C16H25NO2. The predicted molar refractivity (Wildman–Crippen MR) is 78.3 cm³/mol. The summed E-state index contributed by atoms with van der Waals surface area (Å²) in [4.78, 5) is 10.5. The monoisotopic (exact) mass is 263 g/mol. The van der Waals surface area contributed by atoms with Crippen LogP contribution in [-0.2, 0) is 11.3 Å². The summed E-state index contributed by atoms with van der Waals surface area (Å²) in [6.45, 7) is 8.17. The molecule has 19 heavy (non-hydrogen) atoms. The maximum atomic E-state index is 10.5. The van der Waals surface area contributed by atoms with E-state index in [-0.39, 0.29) is 6.42 Å². The van der Waals surface area contributed by atoms with Gasteiger partial charge in [0.15, 0.2) is 0 Å². The summed E-state index contributed by atoms with van der Waals surface area (Å²) in [7, 11) is 0. The zero-order valence-corrected chi connectivity index (χ0v) is 12.2. The summed E-state index contributed by atoms with van der Waals surface area (Å²) in [6.07, 6.45) is 2.07. The minimum atomic E-state index is -0.699. The fourth-order valence-electron chi connectivity index (χ4n) is 2.27. The molecule has 0 radical (unpaired) electrons. The van der Waals surface area contributed by atoms with Gasteiger partial charge in [0.1, 0.15) is 0 Å². The van der Waals surface area contributed by atoms with E-state index >= 15 is 0 Å².